The molecule has 1 amide bonds. The zero-order valence-electron chi connectivity index (χ0n) is 9.99. The summed E-state index contributed by atoms with van der Waals surface area (Å²) in [5.41, 5.74) is 5.44. The van der Waals surface area contributed by atoms with E-state index in [1.165, 1.54) is 18.2 Å². The van der Waals surface area contributed by atoms with E-state index in [1.807, 2.05) is 0 Å². The molecule has 6 heteroatoms. The van der Waals surface area contributed by atoms with E-state index in [0.717, 1.165) is 0 Å². The molecule has 0 saturated heterocycles. The minimum absolute atomic E-state index is 0.0136. The fraction of sp³-hybridized carbons (Fsp3) is 0.417. The molecule has 0 radical (unpaired) electrons. The van der Waals surface area contributed by atoms with Crippen molar-refractivity contribution in [1.82, 2.24) is 5.32 Å². The number of amides is 1. The Hall–Kier alpha value is -1.17. The van der Waals surface area contributed by atoms with Gasteiger partial charge in [0.2, 0.25) is 5.91 Å². The molecule has 2 atom stereocenters. The molecule has 0 heterocycles. The van der Waals surface area contributed by atoms with E-state index in [4.69, 9.17) is 17.3 Å². The average Bonchev–Trinajstić information content (AvgIpc) is 2.25. The summed E-state index contributed by atoms with van der Waals surface area (Å²) in [7, 11) is 0. The molecule has 0 spiro atoms. The van der Waals surface area contributed by atoms with E-state index in [2.05, 4.69) is 5.32 Å². The third-order valence-corrected chi connectivity index (χ3v) is 2.66. The normalized spacial score (nSPS) is 14.1. The quantitative estimate of drug-likeness (QED) is 0.759. The largest absolute Gasteiger partial charge is 0.386 e. The second kappa shape index (κ2) is 6.68. The molecule has 4 nitrogen and oxygen atoms in total. The highest BCUT2D eigenvalue weighted by atomic mass is 35.5. The average molecular weight is 275 g/mol. The second-order valence-corrected chi connectivity index (χ2v) is 4.54. The molecular weight excluding hydrogens is 259 g/mol. The number of nitrogens with one attached hydrogen (secondary N) is 1. The number of rotatable bonds is 5. The lowest BCUT2D eigenvalue weighted by atomic mass is 10.1. The zero-order valence-corrected chi connectivity index (χ0v) is 10.7. The van der Waals surface area contributed by atoms with Crippen molar-refractivity contribution in [3.63, 3.8) is 0 Å². The highest BCUT2D eigenvalue weighted by Gasteiger charge is 2.17. The predicted octanol–water partition coefficient (Wildman–Crippen LogP) is 1.37. The molecule has 0 fully saturated rings. The summed E-state index contributed by atoms with van der Waals surface area (Å²) >= 11 is 5.79. The van der Waals surface area contributed by atoms with Gasteiger partial charge in [0.25, 0.3) is 0 Å². The van der Waals surface area contributed by atoms with Crippen LogP contribution in [0.1, 0.15) is 25.0 Å². The van der Waals surface area contributed by atoms with Crippen LogP contribution in [0.15, 0.2) is 18.2 Å². The Morgan fingerprint density at radius 1 is 1.61 bits per heavy atom. The van der Waals surface area contributed by atoms with E-state index >= 15 is 0 Å². The van der Waals surface area contributed by atoms with Crippen molar-refractivity contribution >= 4 is 17.5 Å². The van der Waals surface area contributed by atoms with Crippen LogP contribution in [0.3, 0.4) is 0 Å². The van der Waals surface area contributed by atoms with Crippen LogP contribution >= 0.6 is 11.6 Å². The first-order chi connectivity index (χ1) is 8.41. The van der Waals surface area contributed by atoms with Gasteiger partial charge in [0, 0.05) is 29.6 Å². The van der Waals surface area contributed by atoms with E-state index in [-0.39, 0.29) is 35.5 Å². The van der Waals surface area contributed by atoms with Gasteiger partial charge in [-0.25, -0.2) is 4.39 Å². The lowest BCUT2D eigenvalue weighted by Gasteiger charge is -2.15. The number of benzene rings is 1. The standard InChI is InChI=1S/C12H16ClFN2O2/c1-7(15)5-11(18)16-6-10(17)12-8(13)3-2-4-9(12)14/h2-4,7,10,17H,5-6,15H2,1H3,(H,16,18). The van der Waals surface area contributed by atoms with Crippen LogP contribution in [0.25, 0.3) is 0 Å². The third kappa shape index (κ3) is 4.25. The summed E-state index contributed by atoms with van der Waals surface area (Å²) in [5.74, 6) is -0.895. The maximum Gasteiger partial charge on any atom is 0.221 e. The van der Waals surface area contributed by atoms with Gasteiger partial charge in [-0.1, -0.05) is 17.7 Å². The number of nitrogens with two attached hydrogens (primary N) is 1. The van der Waals surface area contributed by atoms with Crippen LogP contribution in [-0.2, 0) is 4.79 Å². The first-order valence-electron chi connectivity index (χ1n) is 5.56. The first kappa shape index (κ1) is 14.9. The summed E-state index contributed by atoms with van der Waals surface area (Å²) in [6.45, 7) is 1.59. The van der Waals surface area contributed by atoms with Crippen molar-refractivity contribution in [2.45, 2.75) is 25.5 Å². The van der Waals surface area contributed by atoms with E-state index in [9.17, 15) is 14.3 Å². The minimum Gasteiger partial charge on any atom is -0.386 e. The Balaban J connectivity index is 2.61. The first-order valence-corrected chi connectivity index (χ1v) is 5.94. The van der Waals surface area contributed by atoms with Gasteiger partial charge in [0.1, 0.15) is 11.9 Å². The number of carbonyl (C=O) groups is 1. The van der Waals surface area contributed by atoms with Crippen LogP contribution < -0.4 is 11.1 Å². The Labute approximate surface area is 110 Å². The Morgan fingerprint density at radius 2 is 2.28 bits per heavy atom. The van der Waals surface area contributed by atoms with Crippen LogP contribution in [-0.4, -0.2) is 23.6 Å². The molecule has 1 rings (SSSR count). The molecule has 4 N–H and O–H groups in total. The van der Waals surface area contributed by atoms with Crippen molar-refractivity contribution in [1.29, 1.82) is 0 Å². The van der Waals surface area contributed by atoms with Crippen LogP contribution in [0, 0.1) is 5.82 Å². The van der Waals surface area contributed by atoms with Crippen molar-refractivity contribution in [2.75, 3.05) is 6.54 Å². The molecule has 0 aromatic heterocycles. The summed E-state index contributed by atoms with van der Waals surface area (Å²) in [4.78, 5) is 11.3. The number of carbonyl (C=O) groups excluding carboxylic acids is 1. The van der Waals surface area contributed by atoms with Gasteiger partial charge in [-0.05, 0) is 19.1 Å². The number of hydrogen-bond acceptors (Lipinski definition) is 3. The lowest BCUT2D eigenvalue weighted by Crippen LogP contribution is -2.33. The van der Waals surface area contributed by atoms with Gasteiger partial charge in [-0.2, -0.15) is 0 Å². The maximum atomic E-state index is 13.5. The third-order valence-electron chi connectivity index (χ3n) is 2.33. The molecular formula is C12H16ClFN2O2. The van der Waals surface area contributed by atoms with Gasteiger partial charge < -0.3 is 16.2 Å². The molecule has 0 aliphatic heterocycles. The molecule has 0 aliphatic rings. The molecule has 0 bridgehead atoms. The van der Waals surface area contributed by atoms with Crippen molar-refractivity contribution in [3.05, 3.63) is 34.6 Å². The molecule has 1 aromatic carbocycles. The Bertz CT molecular complexity index is 406. The molecule has 0 aliphatic carbocycles. The smallest absolute Gasteiger partial charge is 0.221 e. The monoisotopic (exact) mass is 274 g/mol. The van der Waals surface area contributed by atoms with E-state index in [0.29, 0.717) is 0 Å². The summed E-state index contributed by atoms with van der Waals surface area (Å²) < 4.78 is 13.5. The number of halogens is 2. The van der Waals surface area contributed by atoms with Crippen molar-refractivity contribution < 1.29 is 14.3 Å². The number of aliphatic hydroxyl groups excluding tert-OH is 1. The summed E-state index contributed by atoms with van der Waals surface area (Å²) in [6.07, 6.45) is -1.03. The fourth-order valence-electron chi connectivity index (χ4n) is 1.51. The van der Waals surface area contributed by atoms with Crippen LogP contribution in [0.5, 0.6) is 0 Å². The Morgan fingerprint density at radius 3 is 2.83 bits per heavy atom. The van der Waals surface area contributed by atoms with Gasteiger partial charge in [0.05, 0.1) is 0 Å². The highest BCUT2D eigenvalue weighted by Crippen LogP contribution is 2.25. The lowest BCUT2D eigenvalue weighted by molar-refractivity contribution is -0.121. The molecule has 100 valence electrons. The number of aliphatic hydroxyl groups is 1. The van der Waals surface area contributed by atoms with Crippen LogP contribution in [0.2, 0.25) is 5.02 Å². The fourth-order valence-corrected chi connectivity index (χ4v) is 1.80. The SMILES string of the molecule is CC(N)CC(=O)NCC(O)c1c(F)cccc1Cl. The molecule has 0 saturated carbocycles. The summed E-state index contributed by atoms with van der Waals surface area (Å²) in [6, 6.07) is 3.86. The zero-order chi connectivity index (χ0) is 13.7. The second-order valence-electron chi connectivity index (χ2n) is 4.14. The van der Waals surface area contributed by atoms with Crippen LogP contribution in [0.4, 0.5) is 4.39 Å². The predicted molar refractivity (Wildman–Crippen MR) is 67.6 cm³/mol. The van der Waals surface area contributed by atoms with Gasteiger partial charge in [-0.15, -0.1) is 0 Å². The minimum atomic E-state index is -1.18. The maximum absolute atomic E-state index is 13.5. The molecule has 1 aromatic rings. The van der Waals surface area contributed by atoms with Gasteiger partial charge in [-0.3, -0.25) is 4.79 Å². The highest BCUT2D eigenvalue weighted by molar-refractivity contribution is 6.31. The van der Waals surface area contributed by atoms with E-state index in [1.54, 1.807) is 6.92 Å². The topological polar surface area (TPSA) is 75.4 Å². The Kier molecular flexibility index (Phi) is 5.53. The van der Waals surface area contributed by atoms with Gasteiger partial charge in [0.15, 0.2) is 0 Å². The van der Waals surface area contributed by atoms with E-state index < -0.39 is 11.9 Å². The van der Waals surface area contributed by atoms with Crippen molar-refractivity contribution in [2.24, 2.45) is 5.73 Å². The molecule has 18 heavy (non-hydrogen) atoms. The van der Waals surface area contributed by atoms with Crippen molar-refractivity contribution in [3.8, 4) is 0 Å². The molecule has 2 unspecified atom stereocenters. The summed E-state index contributed by atoms with van der Waals surface area (Å²) in [5, 5.41) is 12.4. The van der Waals surface area contributed by atoms with Gasteiger partial charge >= 0.3 is 0 Å². The number of hydrogen-bond donors (Lipinski definition) is 3.